The predicted molar refractivity (Wildman–Crippen MR) is 94.7 cm³/mol. The van der Waals surface area contributed by atoms with Crippen molar-refractivity contribution < 1.29 is 5.11 Å². The van der Waals surface area contributed by atoms with Crippen molar-refractivity contribution in [2.75, 3.05) is 0 Å². The second-order valence-electron chi connectivity index (χ2n) is 7.00. The number of phenols is 1. The monoisotopic (exact) mass is 295 g/mol. The van der Waals surface area contributed by atoms with E-state index in [9.17, 15) is 5.11 Å². The Kier molecular flexibility index (Phi) is 4.41. The van der Waals surface area contributed by atoms with Crippen LogP contribution in [0.2, 0.25) is 0 Å². The van der Waals surface area contributed by atoms with Gasteiger partial charge in [0.2, 0.25) is 0 Å². The standard InChI is InChI=1S/C20H25NO/c1-13-10-16(19(22)17(11-13)20(4,5)6)12-21-18-14(2)8-7-9-15(18)3/h7-12,22H,1-6H3. The lowest BCUT2D eigenvalue weighted by Gasteiger charge is -2.22. The molecule has 116 valence electrons. The Balaban J connectivity index is 2.51. The van der Waals surface area contributed by atoms with Crippen LogP contribution in [0.5, 0.6) is 5.75 Å². The Bertz CT molecular complexity index is 701. The van der Waals surface area contributed by atoms with E-state index in [1.807, 2.05) is 25.1 Å². The number of phenolic OH excluding ortho intramolecular Hbond substituents is 1. The molecule has 2 aromatic rings. The molecular formula is C20H25NO. The summed E-state index contributed by atoms with van der Waals surface area (Å²) in [6.07, 6.45) is 1.77. The molecule has 2 nitrogen and oxygen atoms in total. The minimum atomic E-state index is -0.0999. The second-order valence-corrected chi connectivity index (χ2v) is 7.00. The molecule has 0 radical (unpaired) electrons. The van der Waals surface area contributed by atoms with E-state index in [2.05, 4.69) is 51.7 Å². The predicted octanol–water partition coefficient (Wildman–Crippen LogP) is 5.37. The van der Waals surface area contributed by atoms with Gasteiger partial charge in [-0.05, 0) is 48.9 Å². The zero-order chi connectivity index (χ0) is 16.5. The number of aryl methyl sites for hydroxylation is 3. The van der Waals surface area contributed by atoms with E-state index in [0.29, 0.717) is 5.75 Å². The van der Waals surface area contributed by atoms with Crippen LogP contribution in [0.15, 0.2) is 35.3 Å². The fourth-order valence-electron chi connectivity index (χ4n) is 2.62. The Morgan fingerprint density at radius 2 is 1.59 bits per heavy atom. The molecule has 0 bridgehead atoms. The summed E-state index contributed by atoms with van der Waals surface area (Å²) in [6.45, 7) is 12.5. The largest absolute Gasteiger partial charge is 0.507 e. The Morgan fingerprint density at radius 3 is 2.14 bits per heavy atom. The molecule has 0 aliphatic heterocycles. The van der Waals surface area contributed by atoms with Crippen LogP contribution in [0.3, 0.4) is 0 Å². The molecule has 0 aliphatic rings. The molecule has 0 unspecified atom stereocenters. The molecule has 0 amide bonds. The van der Waals surface area contributed by atoms with Gasteiger partial charge < -0.3 is 5.11 Å². The third-order valence-corrected chi connectivity index (χ3v) is 3.86. The quantitative estimate of drug-likeness (QED) is 0.743. The van der Waals surface area contributed by atoms with Crippen LogP contribution < -0.4 is 0 Å². The molecule has 0 atom stereocenters. The topological polar surface area (TPSA) is 32.6 Å². The first-order valence-electron chi connectivity index (χ1n) is 7.64. The number of para-hydroxylation sites is 1. The van der Waals surface area contributed by atoms with Crippen molar-refractivity contribution in [2.24, 2.45) is 4.99 Å². The highest BCUT2D eigenvalue weighted by molar-refractivity contribution is 5.87. The summed E-state index contributed by atoms with van der Waals surface area (Å²) >= 11 is 0. The van der Waals surface area contributed by atoms with Crippen LogP contribution in [0.4, 0.5) is 5.69 Å². The number of rotatable bonds is 2. The molecule has 0 aliphatic carbocycles. The third-order valence-electron chi connectivity index (χ3n) is 3.86. The summed E-state index contributed by atoms with van der Waals surface area (Å²) in [4.78, 5) is 4.62. The molecule has 2 heteroatoms. The first kappa shape index (κ1) is 16.3. The highest BCUT2D eigenvalue weighted by Gasteiger charge is 2.20. The molecule has 0 saturated carbocycles. The Hall–Kier alpha value is -2.09. The normalized spacial score (nSPS) is 12.1. The van der Waals surface area contributed by atoms with Crippen molar-refractivity contribution in [3.05, 3.63) is 58.1 Å². The molecule has 2 rings (SSSR count). The molecule has 0 heterocycles. The summed E-state index contributed by atoms with van der Waals surface area (Å²) in [6, 6.07) is 10.2. The summed E-state index contributed by atoms with van der Waals surface area (Å²) in [5.41, 5.74) is 6.00. The minimum Gasteiger partial charge on any atom is -0.507 e. The molecule has 1 N–H and O–H groups in total. The molecule has 0 aromatic heterocycles. The van der Waals surface area contributed by atoms with Crippen molar-refractivity contribution in [1.82, 2.24) is 0 Å². The van der Waals surface area contributed by atoms with Crippen LogP contribution in [0.1, 0.15) is 48.6 Å². The number of hydrogen-bond acceptors (Lipinski definition) is 2. The smallest absolute Gasteiger partial charge is 0.128 e. The average molecular weight is 295 g/mol. The van der Waals surface area contributed by atoms with Crippen molar-refractivity contribution in [3.63, 3.8) is 0 Å². The van der Waals surface area contributed by atoms with Crippen molar-refractivity contribution in [3.8, 4) is 5.75 Å². The van der Waals surface area contributed by atoms with Gasteiger partial charge in [-0.1, -0.05) is 45.0 Å². The van der Waals surface area contributed by atoms with Gasteiger partial charge >= 0.3 is 0 Å². The van der Waals surface area contributed by atoms with E-state index < -0.39 is 0 Å². The van der Waals surface area contributed by atoms with Gasteiger partial charge in [-0.15, -0.1) is 0 Å². The van der Waals surface area contributed by atoms with Gasteiger partial charge in [0.1, 0.15) is 5.75 Å². The number of benzene rings is 2. The number of hydrogen-bond donors (Lipinski definition) is 1. The van der Waals surface area contributed by atoms with Crippen molar-refractivity contribution >= 4 is 11.9 Å². The van der Waals surface area contributed by atoms with Gasteiger partial charge in [-0.25, -0.2) is 0 Å². The van der Waals surface area contributed by atoms with Gasteiger partial charge in [0.25, 0.3) is 0 Å². The van der Waals surface area contributed by atoms with Gasteiger partial charge in [0.15, 0.2) is 0 Å². The van der Waals surface area contributed by atoms with Crippen molar-refractivity contribution in [1.29, 1.82) is 0 Å². The van der Waals surface area contributed by atoms with E-state index in [4.69, 9.17) is 0 Å². The van der Waals surface area contributed by atoms with Crippen LogP contribution in [-0.4, -0.2) is 11.3 Å². The van der Waals surface area contributed by atoms with E-state index in [1.165, 1.54) is 0 Å². The third kappa shape index (κ3) is 3.38. The molecular weight excluding hydrogens is 270 g/mol. The van der Waals surface area contributed by atoms with E-state index in [1.54, 1.807) is 6.21 Å². The maximum atomic E-state index is 10.6. The number of aromatic hydroxyl groups is 1. The van der Waals surface area contributed by atoms with E-state index in [-0.39, 0.29) is 5.41 Å². The number of aliphatic imine (C=N–C) groups is 1. The first-order chi connectivity index (χ1) is 10.2. The van der Waals surface area contributed by atoms with E-state index >= 15 is 0 Å². The average Bonchev–Trinajstić information content (AvgIpc) is 2.40. The first-order valence-corrected chi connectivity index (χ1v) is 7.64. The lowest BCUT2D eigenvalue weighted by atomic mass is 9.84. The van der Waals surface area contributed by atoms with Crippen LogP contribution in [0.25, 0.3) is 0 Å². The molecule has 22 heavy (non-hydrogen) atoms. The summed E-state index contributed by atoms with van der Waals surface area (Å²) in [5.74, 6) is 0.327. The summed E-state index contributed by atoms with van der Waals surface area (Å²) < 4.78 is 0. The number of nitrogens with zero attached hydrogens (tertiary/aromatic N) is 1. The Labute approximate surface area is 133 Å². The maximum Gasteiger partial charge on any atom is 0.128 e. The van der Waals surface area contributed by atoms with Gasteiger partial charge in [0, 0.05) is 17.3 Å². The molecule has 2 aromatic carbocycles. The SMILES string of the molecule is Cc1cc(C=Nc2c(C)cccc2C)c(O)c(C(C)(C)C)c1. The zero-order valence-corrected chi connectivity index (χ0v) is 14.4. The zero-order valence-electron chi connectivity index (χ0n) is 14.4. The minimum absolute atomic E-state index is 0.0999. The fourth-order valence-corrected chi connectivity index (χ4v) is 2.62. The second kappa shape index (κ2) is 5.96. The van der Waals surface area contributed by atoms with Gasteiger partial charge in [-0.2, -0.15) is 0 Å². The maximum absolute atomic E-state index is 10.6. The highest BCUT2D eigenvalue weighted by atomic mass is 16.3. The lowest BCUT2D eigenvalue weighted by Crippen LogP contribution is -2.12. The van der Waals surface area contributed by atoms with Crippen molar-refractivity contribution in [2.45, 2.75) is 47.0 Å². The highest BCUT2D eigenvalue weighted by Crippen LogP contribution is 2.34. The van der Waals surface area contributed by atoms with Gasteiger partial charge in [0.05, 0.1) is 5.69 Å². The summed E-state index contributed by atoms with van der Waals surface area (Å²) in [7, 11) is 0. The summed E-state index contributed by atoms with van der Waals surface area (Å²) in [5, 5.41) is 10.6. The molecule has 0 fully saturated rings. The lowest BCUT2D eigenvalue weighted by molar-refractivity contribution is 0.445. The Morgan fingerprint density at radius 1 is 1.00 bits per heavy atom. The molecule has 0 saturated heterocycles. The van der Waals surface area contributed by atoms with Gasteiger partial charge in [-0.3, -0.25) is 4.99 Å². The van der Waals surface area contributed by atoms with Crippen LogP contribution in [-0.2, 0) is 5.41 Å². The van der Waals surface area contributed by atoms with Crippen LogP contribution in [0, 0.1) is 20.8 Å². The van der Waals surface area contributed by atoms with Crippen LogP contribution >= 0.6 is 0 Å². The van der Waals surface area contributed by atoms with E-state index in [0.717, 1.165) is 33.5 Å². The molecule has 0 spiro atoms. The fraction of sp³-hybridized carbons (Fsp3) is 0.350.